The maximum absolute atomic E-state index is 14.2. The van der Waals surface area contributed by atoms with Gasteiger partial charge in [0.25, 0.3) is 5.91 Å². The molecule has 3 rings (SSSR count). The number of benzene rings is 2. The zero-order valence-electron chi connectivity index (χ0n) is 16.0. The number of hydrogen-bond donors (Lipinski definition) is 1. The van der Waals surface area contributed by atoms with Gasteiger partial charge in [-0.15, -0.1) is 11.3 Å². The molecule has 3 aromatic rings. The third kappa shape index (κ3) is 5.30. The highest BCUT2D eigenvalue weighted by Gasteiger charge is 2.20. The Morgan fingerprint density at radius 1 is 1.17 bits per heavy atom. The Morgan fingerprint density at radius 2 is 1.83 bits per heavy atom. The standard InChI is InChI=1S/C18H13BrF2N2O3S.C2H6/c1-25-10-4-2-9(3-5-10)16-17(19)27-13(23-16)8-26-12-7-6-11(20)14(15(12)21)18(22)24;1-2/h2-7H,8H2,1H3,(H2,22,24);1-2H3. The van der Waals surface area contributed by atoms with Crippen molar-refractivity contribution in [3.63, 3.8) is 0 Å². The Kier molecular flexibility index (Phi) is 8.10. The van der Waals surface area contributed by atoms with E-state index in [1.54, 1.807) is 7.11 Å². The maximum Gasteiger partial charge on any atom is 0.254 e. The largest absolute Gasteiger partial charge is 0.497 e. The van der Waals surface area contributed by atoms with E-state index >= 15 is 0 Å². The van der Waals surface area contributed by atoms with Crippen LogP contribution in [0.25, 0.3) is 11.3 Å². The number of methoxy groups -OCH3 is 1. The summed E-state index contributed by atoms with van der Waals surface area (Å²) in [6, 6.07) is 9.39. The molecule has 0 unspecified atom stereocenters. The van der Waals surface area contributed by atoms with Gasteiger partial charge in [-0.3, -0.25) is 4.79 Å². The molecular formula is C20H19BrF2N2O3S. The van der Waals surface area contributed by atoms with E-state index in [9.17, 15) is 13.6 Å². The van der Waals surface area contributed by atoms with E-state index < -0.39 is 23.1 Å². The molecule has 0 aliphatic heterocycles. The van der Waals surface area contributed by atoms with Crippen LogP contribution in [0.1, 0.15) is 29.2 Å². The molecular weight excluding hydrogens is 466 g/mol. The van der Waals surface area contributed by atoms with Crippen molar-refractivity contribution in [1.29, 1.82) is 0 Å². The second-order valence-corrected chi connectivity index (χ2v) is 7.75. The number of rotatable bonds is 6. The summed E-state index contributed by atoms with van der Waals surface area (Å²) in [6.07, 6.45) is 0. The number of primary amides is 1. The van der Waals surface area contributed by atoms with Gasteiger partial charge in [0.15, 0.2) is 11.6 Å². The number of ether oxygens (including phenoxy) is 2. The summed E-state index contributed by atoms with van der Waals surface area (Å²) in [6.45, 7) is 3.94. The fourth-order valence-electron chi connectivity index (χ4n) is 2.34. The van der Waals surface area contributed by atoms with Crippen molar-refractivity contribution in [3.8, 4) is 22.8 Å². The van der Waals surface area contributed by atoms with Gasteiger partial charge in [-0.1, -0.05) is 13.8 Å². The van der Waals surface area contributed by atoms with Crippen LogP contribution in [-0.2, 0) is 6.61 Å². The summed E-state index contributed by atoms with van der Waals surface area (Å²) in [4.78, 5) is 15.7. The van der Waals surface area contributed by atoms with E-state index in [2.05, 4.69) is 20.9 Å². The van der Waals surface area contributed by atoms with Gasteiger partial charge in [0, 0.05) is 5.56 Å². The summed E-state index contributed by atoms with van der Waals surface area (Å²) in [7, 11) is 1.58. The van der Waals surface area contributed by atoms with Crippen molar-refractivity contribution in [3.05, 3.63) is 62.4 Å². The number of carbonyl (C=O) groups is 1. The molecule has 2 N–H and O–H groups in total. The van der Waals surface area contributed by atoms with Crippen LogP contribution >= 0.6 is 27.3 Å². The van der Waals surface area contributed by atoms with Crippen LogP contribution in [0, 0.1) is 11.6 Å². The maximum atomic E-state index is 14.2. The molecule has 0 atom stereocenters. The van der Waals surface area contributed by atoms with Gasteiger partial charge in [0.1, 0.15) is 28.7 Å². The summed E-state index contributed by atoms with van der Waals surface area (Å²) in [5, 5.41) is 0.567. The lowest BCUT2D eigenvalue weighted by molar-refractivity contribution is 0.0991. The highest BCUT2D eigenvalue weighted by atomic mass is 79.9. The summed E-state index contributed by atoms with van der Waals surface area (Å²) >= 11 is 4.77. The van der Waals surface area contributed by atoms with Gasteiger partial charge in [-0.2, -0.15) is 0 Å². The fraction of sp³-hybridized carbons (Fsp3) is 0.200. The van der Waals surface area contributed by atoms with Crippen molar-refractivity contribution < 1.29 is 23.0 Å². The number of halogens is 3. The van der Waals surface area contributed by atoms with Crippen molar-refractivity contribution in [2.24, 2.45) is 5.73 Å². The highest BCUT2D eigenvalue weighted by molar-refractivity contribution is 9.11. The first kappa shape index (κ1) is 22.8. The van der Waals surface area contributed by atoms with Crippen LogP contribution in [0.5, 0.6) is 11.5 Å². The lowest BCUT2D eigenvalue weighted by Crippen LogP contribution is -2.16. The first-order chi connectivity index (χ1) is 13.9. The lowest BCUT2D eigenvalue weighted by Gasteiger charge is -2.08. The Labute approximate surface area is 179 Å². The summed E-state index contributed by atoms with van der Waals surface area (Å²) < 4.78 is 39.0. The fourth-order valence-corrected chi connectivity index (χ4v) is 3.94. The van der Waals surface area contributed by atoms with Gasteiger partial charge >= 0.3 is 0 Å². The van der Waals surface area contributed by atoms with Crippen LogP contribution in [0.15, 0.2) is 40.2 Å². The first-order valence-electron chi connectivity index (χ1n) is 8.61. The molecule has 1 heterocycles. The zero-order valence-corrected chi connectivity index (χ0v) is 18.4. The van der Waals surface area contributed by atoms with Gasteiger partial charge in [0.05, 0.1) is 16.6 Å². The molecule has 2 aromatic carbocycles. The van der Waals surface area contributed by atoms with E-state index in [1.807, 2.05) is 38.1 Å². The average molecular weight is 485 g/mol. The molecule has 5 nitrogen and oxygen atoms in total. The smallest absolute Gasteiger partial charge is 0.254 e. The minimum absolute atomic E-state index is 0.0554. The first-order valence-corrected chi connectivity index (χ1v) is 10.2. The minimum Gasteiger partial charge on any atom is -0.497 e. The van der Waals surface area contributed by atoms with Crippen molar-refractivity contribution in [2.75, 3.05) is 7.11 Å². The molecule has 0 aliphatic carbocycles. The molecule has 9 heteroatoms. The third-order valence-electron chi connectivity index (χ3n) is 3.65. The number of amides is 1. The van der Waals surface area contributed by atoms with Crippen LogP contribution in [0.3, 0.4) is 0 Å². The Hall–Kier alpha value is -2.52. The van der Waals surface area contributed by atoms with E-state index in [1.165, 1.54) is 11.3 Å². The van der Waals surface area contributed by atoms with Gasteiger partial charge in [-0.05, 0) is 52.3 Å². The molecule has 1 aromatic heterocycles. The van der Waals surface area contributed by atoms with Crippen LogP contribution in [-0.4, -0.2) is 18.0 Å². The normalized spacial score (nSPS) is 10.1. The van der Waals surface area contributed by atoms with E-state index in [4.69, 9.17) is 15.2 Å². The Bertz CT molecular complexity index is 994. The number of carbonyl (C=O) groups excluding carboxylic acids is 1. The zero-order chi connectivity index (χ0) is 21.6. The number of hydrogen-bond acceptors (Lipinski definition) is 5. The number of nitrogens with zero attached hydrogens (tertiary/aromatic N) is 1. The predicted molar refractivity (Wildman–Crippen MR) is 112 cm³/mol. The molecule has 0 bridgehead atoms. The molecule has 0 spiro atoms. The second kappa shape index (κ2) is 10.3. The Balaban J connectivity index is 0.00000145. The van der Waals surface area contributed by atoms with E-state index in [-0.39, 0.29) is 12.4 Å². The Morgan fingerprint density at radius 3 is 2.41 bits per heavy atom. The number of nitrogens with two attached hydrogens (primary N) is 1. The molecule has 0 fully saturated rings. The van der Waals surface area contributed by atoms with Crippen LogP contribution in [0.2, 0.25) is 0 Å². The number of aromatic nitrogens is 1. The molecule has 0 aliphatic rings. The van der Waals surface area contributed by atoms with Gasteiger partial charge < -0.3 is 15.2 Å². The predicted octanol–water partition coefficient (Wildman–Crippen LogP) is 5.56. The van der Waals surface area contributed by atoms with Gasteiger partial charge in [0.2, 0.25) is 0 Å². The van der Waals surface area contributed by atoms with E-state index in [0.29, 0.717) is 10.7 Å². The molecule has 154 valence electrons. The molecule has 0 saturated carbocycles. The monoisotopic (exact) mass is 484 g/mol. The molecule has 29 heavy (non-hydrogen) atoms. The van der Waals surface area contributed by atoms with E-state index in [0.717, 1.165) is 27.2 Å². The summed E-state index contributed by atoms with van der Waals surface area (Å²) in [5.41, 5.74) is 5.75. The quantitative estimate of drug-likeness (QED) is 0.496. The third-order valence-corrected chi connectivity index (χ3v) is 5.33. The molecule has 0 radical (unpaired) electrons. The average Bonchev–Trinajstić information content (AvgIpc) is 3.09. The second-order valence-electron chi connectivity index (χ2n) is 5.35. The molecule has 1 amide bonds. The lowest BCUT2D eigenvalue weighted by atomic mass is 10.1. The van der Waals surface area contributed by atoms with Crippen molar-refractivity contribution >= 4 is 33.2 Å². The van der Waals surface area contributed by atoms with Crippen LogP contribution in [0.4, 0.5) is 8.78 Å². The summed E-state index contributed by atoms with van der Waals surface area (Å²) in [5.74, 6) is -2.91. The molecule has 0 saturated heterocycles. The topological polar surface area (TPSA) is 74.4 Å². The van der Waals surface area contributed by atoms with Crippen LogP contribution < -0.4 is 15.2 Å². The highest BCUT2D eigenvalue weighted by Crippen LogP contribution is 2.34. The SMILES string of the molecule is CC.COc1ccc(-c2nc(COc3ccc(F)c(C(N)=O)c3F)sc2Br)cc1. The van der Waals surface area contributed by atoms with Crippen molar-refractivity contribution in [1.82, 2.24) is 4.98 Å². The van der Waals surface area contributed by atoms with Crippen molar-refractivity contribution in [2.45, 2.75) is 20.5 Å². The van der Waals surface area contributed by atoms with Gasteiger partial charge in [-0.25, -0.2) is 13.8 Å². The number of thiazole rings is 1. The minimum atomic E-state index is -1.20.